The van der Waals surface area contributed by atoms with Gasteiger partial charge < -0.3 is 5.32 Å². The fourth-order valence-electron chi connectivity index (χ4n) is 2.19. The van der Waals surface area contributed by atoms with Crippen LogP contribution in [0.5, 0.6) is 0 Å². The molecule has 1 aliphatic heterocycles. The summed E-state index contributed by atoms with van der Waals surface area (Å²) in [6.07, 6.45) is 5.33. The van der Waals surface area contributed by atoms with Crippen molar-refractivity contribution in [2.45, 2.75) is 25.8 Å². The van der Waals surface area contributed by atoms with Crippen molar-refractivity contribution in [3.05, 3.63) is 33.0 Å². The van der Waals surface area contributed by atoms with Gasteiger partial charge in [0, 0.05) is 6.54 Å². The summed E-state index contributed by atoms with van der Waals surface area (Å²) in [4.78, 5) is 25.1. The zero-order valence-corrected chi connectivity index (χ0v) is 10.0. The highest BCUT2D eigenvalue weighted by Gasteiger charge is 2.14. The Morgan fingerprint density at radius 3 is 2.89 bits per heavy atom. The van der Waals surface area contributed by atoms with E-state index in [1.165, 1.54) is 10.8 Å². The molecular formula is C11H16N4O3. The van der Waals surface area contributed by atoms with Crippen molar-refractivity contribution in [1.29, 1.82) is 0 Å². The van der Waals surface area contributed by atoms with E-state index in [-0.39, 0.29) is 5.69 Å². The van der Waals surface area contributed by atoms with Gasteiger partial charge in [-0.3, -0.25) is 14.7 Å². The monoisotopic (exact) mass is 252 g/mol. The van der Waals surface area contributed by atoms with Crippen molar-refractivity contribution in [3.63, 3.8) is 0 Å². The zero-order valence-electron chi connectivity index (χ0n) is 10.0. The van der Waals surface area contributed by atoms with Crippen LogP contribution in [-0.4, -0.2) is 27.6 Å². The van der Waals surface area contributed by atoms with E-state index in [0.717, 1.165) is 38.5 Å². The molecule has 0 spiro atoms. The molecule has 98 valence electrons. The molecule has 0 bridgehead atoms. The summed E-state index contributed by atoms with van der Waals surface area (Å²) in [5.41, 5.74) is -0.561. The van der Waals surface area contributed by atoms with Crippen molar-refractivity contribution in [1.82, 2.24) is 14.9 Å². The van der Waals surface area contributed by atoms with Gasteiger partial charge in [0.1, 0.15) is 6.20 Å². The van der Waals surface area contributed by atoms with Crippen LogP contribution in [0.1, 0.15) is 19.3 Å². The third kappa shape index (κ3) is 3.13. The lowest BCUT2D eigenvalue weighted by Gasteiger charge is -2.22. The topological polar surface area (TPSA) is 90.1 Å². The third-order valence-corrected chi connectivity index (χ3v) is 3.29. The minimum absolute atomic E-state index is 0.139. The largest absolute Gasteiger partial charge is 0.347 e. The number of hydrogen-bond acceptors (Lipinski definition) is 5. The molecular weight excluding hydrogens is 236 g/mol. The molecule has 0 saturated carbocycles. The Bertz CT molecular complexity index is 479. The predicted octanol–water partition coefficient (Wildman–Crippen LogP) is 0.541. The molecule has 7 heteroatoms. The van der Waals surface area contributed by atoms with E-state index in [1.54, 1.807) is 0 Å². The minimum Gasteiger partial charge on any atom is -0.317 e. The van der Waals surface area contributed by atoms with Gasteiger partial charge in [-0.15, -0.1) is 0 Å². The summed E-state index contributed by atoms with van der Waals surface area (Å²) in [6, 6.07) is 0. The molecule has 2 heterocycles. The maximum atomic E-state index is 11.5. The molecule has 1 saturated heterocycles. The van der Waals surface area contributed by atoms with E-state index in [4.69, 9.17) is 0 Å². The number of aryl methyl sites for hydroxylation is 1. The quantitative estimate of drug-likeness (QED) is 0.624. The van der Waals surface area contributed by atoms with Crippen LogP contribution in [-0.2, 0) is 6.54 Å². The lowest BCUT2D eigenvalue weighted by Crippen LogP contribution is -2.29. The van der Waals surface area contributed by atoms with Gasteiger partial charge in [-0.2, -0.15) is 4.98 Å². The Balaban J connectivity index is 2.01. The first-order valence-corrected chi connectivity index (χ1v) is 6.08. The van der Waals surface area contributed by atoms with Crippen molar-refractivity contribution in [2.75, 3.05) is 13.1 Å². The second-order valence-corrected chi connectivity index (χ2v) is 4.53. The van der Waals surface area contributed by atoms with Crippen molar-refractivity contribution in [3.8, 4) is 0 Å². The maximum absolute atomic E-state index is 11.5. The molecule has 0 aliphatic carbocycles. The summed E-state index contributed by atoms with van der Waals surface area (Å²) in [5.74, 6) is 0.581. The molecule has 1 fully saturated rings. The fraction of sp³-hybridized carbons (Fsp3) is 0.636. The predicted molar refractivity (Wildman–Crippen MR) is 65.4 cm³/mol. The van der Waals surface area contributed by atoms with Crippen molar-refractivity contribution < 1.29 is 4.92 Å². The summed E-state index contributed by atoms with van der Waals surface area (Å²) in [5, 5.41) is 13.9. The van der Waals surface area contributed by atoms with E-state index >= 15 is 0 Å². The lowest BCUT2D eigenvalue weighted by molar-refractivity contribution is -0.385. The van der Waals surface area contributed by atoms with Crippen LogP contribution >= 0.6 is 0 Å². The van der Waals surface area contributed by atoms with Gasteiger partial charge in [0.15, 0.2) is 0 Å². The Hall–Kier alpha value is -1.76. The number of rotatable bonds is 4. The van der Waals surface area contributed by atoms with E-state index in [1.807, 2.05) is 0 Å². The summed E-state index contributed by atoms with van der Waals surface area (Å²) in [7, 11) is 0. The second kappa shape index (κ2) is 5.72. The van der Waals surface area contributed by atoms with Gasteiger partial charge in [-0.05, 0) is 38.3 Å². The third-order valence-electron chi connectivity index (χ3n) is 3.29. The summed E-state index contributed by atoms with van der Waals surface area (Å²) in [6.45, 7) is 2.51. The van der Waals surface area contributed by atoms with E-state index in [0.29, 0.717) is 12.5 Å². The summed E-state index contributed by atoms with van der Waals surface area (Å²) >= 11 is 0. The molecule has 1 aromatic heterocycles. The van der Waals surface area contributed by atoms with Crippen molar-refractivity contribution >= 4 is 5.69 Å². The number of hydrogen-bond donors (Lipinski definition) is 1. The van der Waals surface area contributed by atoms with Crippen LogP contribution in [0.2, 0.25) is 0 Å². The Kier molecular flexibility index (Phi) is 4.03. The van der Waals surface area contributed by atoms with Gasteiger partial charge in [-0.25, -0.2) is 4.79 Å². The first-order valence-electron chi connectivity index (χ1n) is 6.08. The Labute approximate surface area is 104 Å². The maximum Gasteiger partial charge on any atom is 0.347 e. The minimum atomic E-state index is -0.534. The molecule has 0 amide bonds. The standard InChI is InChI=1S/C11H16N4O3/c16-11-13-7-10(15(17)18)8-14(11)6-3-9-1-4-12-5-2-9/h7-9,12H,1-6H2. The number of piperidine rings is 1. The van der Waals surface area contributed by atoms with Crippen molar-refractivity contribution in [2.24, 2.45) is 5.92 Å². The second-order valence-electron chi connectivity index (χ2n) is 4.53. The summed E-state index contributed by atoms with van der Waals surface area (Å²) < 4.78 is 1.33. The smallest absolute Gasteiger partial charge is 0.317 e. The highest BCUT2D eigenvalue weighted by Crippen LogP contribution is 2.16. The van der Waals surface area contributed by atoms with E-state index in [9.17, 15) is 14.9 Å². The number of nitrogens with one attached hydrogen (secondary N) is 1. The van der Waals surface area contributed by atoms with Gasteiger partial charge in [0.25, 0.3) is 0 Å². The number of aromatic nitrogens is 2. The van der Waals surface area contributed by atoms with E-state index in [2.05, 4.69) is 10.3 Å². The normalized spacial score (nSPS) is 16.7. The van der Waals surface area contributed by atoms with Crippen LogP contribution in [0.4, 0.5) is 5.69 Å². The molecule has 1 aliphatic rings. The van der Waals surface area contributed by atoms with Gasteiger partial charge >= 0.3 is 11.4 Å². The zero-order chi connectivity index (χ0) is 13.0. The molecule has 0 radical (unpaired) electrons. The lowest BCUT2D eigenvalue weighted by atomic mass is 9.95. The molecule has 2 rings (SSSR count). The molecule has 1 N–H and O–H groups in total. The number of nitro groups is 1. The van der Waals surface area contributed by atoms with Gasteiger partial charge in [0.05, 0.1) is 11.1 Å². The van der Waals surface area contributed by atoms with Crippen LogP contribution < -0.4 is 11.0 Å². The van der Waals surface area contributed by atoms with Gasteiger partial charge in [0.2, 0.25) is 0 Å². The average molecular weight is 252 g/mol. The van der Waals surface area contributed by atoms with Gasteiger partial charge in [-0.1, -0.05) is 0 Å². The first-order chi connectivity index (χ1) is 8.66. The molecule has 0 atom stereocenters. The fourth-order valence-corrected chi connectivity index (χ4v) is 2.19. The molecule has 18 heavy (non-hydrogen) atoms. The van der Waals surface area contributed by atoms with E-state index < -0.39 is 10.6 Å². The first kappa shape index (κ1) is 12.7. The van der Waals surface area contributed by atoms with Crippen LogP contribution in [0, 0.1) is 16.0 Å². The number of nitrogens with zero attached hydrogens (tertiary/aromatic N) is 3. The Morgan fingerprint density at radius 2 is 2.22 bits per heavy atom. The molecule has 0 unspecified atom stereocenters. The van der Waals surface area contributed by atoms with Crippen LogP contribution in [0.15, 0.2) is 17.2 Å². The molecule has 7 nitrogen and oxygen atoms in total. The highest BCUT2D eigenvalue weighted by molar-refractivity contribution is 5.20. The average Bonchev–Trinajstić information content (AvgIpc) is 2.38. The SMILES string of the molecule is O=c1ncc([N+](=O)[O-])cn1CCC1CCNCC1. The van der Waals surface area contributed by atoms with Crippen LogP contribution in [0.25, 0.3) is 0 Å². The molecule has 1 aromatic rings. The molecule has 0 aromatic carbocycles. The highest BCUT2D eigenvalue weighted by atomic mass is 16.6. The van der Waals surface area contributed by atoms with Crippen LogP contribution in [0.3, 0.4) is 0 Å². The Morgan fingerprint density at radius 1 is 1.50 bits per heavy atom.